The van der Waals surface area contributed by atoms with Gasteiger partial charge >= 0.3 is 0 Å². The third-order valence-electron chi connectivity index (χ3n) is 3.45. The Balaban J connectivity index is 1.66. The van der Waals surface area contributed by atoms with Crippen LogP contribution in [0, 0.1) is 11.8 Å². The minimum absolute atomic E-state index is 0.399. The van der Waals surface area contributed by atoms with Gasteiger partial charge in [-0.25, -0.2) is 0 Å². The van der Waals surface area contributed by atoms with E-state index in [4.69, 9.17) is 10.5 Å². The Morgan fingerprint density at radius 1 is 1.15 bits per heavy atom. The van der Waals surface area contributed by atoms with E-state index < -0.39 is 0 Å². The molecule has 0 aliphatic heterocycles. The fourth-order valence-corrected chi connectivity index (χ4v) is 3.57. The molecule has 0 aromatic heterocycles. The molecule has 0 amide bonds. The van der Waals surface area contributed by atoms with Crippen LogP contribution < -0.4 is 10.5 Å². The highest BCUT2D eigenvalue weighted by molar-refractivity contribution is 7.99. The summed E-state index contributed by atoms with van der Waals surface area (Å²) >= 11 is 2.07. The standard InChI is InChI=1S/C17H23NOS/c18-12-4-5-15-8-10-16(11-9-15)19-13-14-20-17-6-2-1-3-7-17/h8-11,17H,1-3,6-7,12-14,18H2. The van der Waals surface area contributed by atoms with Gasteiger partial charge < -0.3 is 10.5 Å². The Labute approximate surface area is 126 Å². The molecule has 1 fully saturated rings. The monoisotopic (exact) mass is 289 g/mol. The first-order valence-corrected chi connectivity index (χ1v) is 8.47. The average molecular weight is 289 g/mol. The van der Waals surface area contributed by atoms with E-state index in [0.29, 0.717) is 6.54 Å². The molecule has 0 atom stereocenters. The Morgan fingerprint density at radius 3 is 2.60 bits per heavy atom. The van der Waals surface area contributed by atoms with Crippen LogP contribution in [0.2, 0.25) is 0 Å². The van der Waals surface area contributed by atoms with Gasteiger partial charge in [0.1, 0.15) is 5.75 Å². The van der Waals surface area contributed by atoms with E-state index in [2.05, 4.69) is 23.6 Å². The number of hydrogen-bond acceptors (Lipinski definition) is 3. The van der Waals surface area contributed by atoms with Crippen molar-refractivity contribution in [1.29, 1.82) is 0 Å². The van der Waals surface area contributed by atoms with Crippen molar-refractivity contribution >= 4 is 11.8 Å². The maximum absolute atomic E-state index is 5.76. The van der Waals surface area contributed by atoms with E-state index in [1.807, 2.05) is 24.3 Å². The molecule has 20 heavy (non-hydrogen) atoms. The normalized spacial score (nSPS) is 15.4. The molecule has 0 saturated heterocycles. The average Bonchev–Trinajstić information content (AvgIpc) is 2.52. The molecule has 0 spiro atoms. The molecular formula is C17H23NOS. The summed E-state index contributed by atoms with van der Waals surface area (Å²) in [6.45, 7) is 1.19. The van der Waals surface area contributed by atoms with E-state index in [0.717, 1.165) is 28.9 Å². The number of rotatable bonds is 5. The molecule has 1 saturated carbocycles. The molecule has 0 heterocycles. The lowest BCUT2D eigenvalue weighted by molar-refractivity contribution is 0.343. The van der Waals surface area contributed by atoms with Gasteiger partial charge in [0.15, 0.2) is 0 Å². The zero-order valence-electron chi connectivity index (χ0n) is 11.9. The van der Waals surface area contributed by atoms with E-state index in [9.17, 15) is 0 Å². The second-order valence-electron chi connectivity index (χ2n) is 5.01. The summed E-state index contributed by atoms with van der Waals surface area (Å²) < 4.78 is 5.76. The molecule has 108 valence electrons. The van der Waals surface area contributed by atoms with Crippen molar-refractivity contribution in [2.75, 3.05) is 18.9 Å². The summed E-state index contributed by atoms with van der Waals surface area (Å²) in [5, 5.41) is 0.862. The predicted molar refractivity (Wildman–Crippen MR) is 87.2 cm³/mol. The van der Waals surface area contributed by atoms with Gasteiger partial charge in [0.25, 0.3) is 0 Å². The van der Waals surface area contributed by atoms with E-state index in [1.165, 1.54) is 32.1 Å². The first kappa shape index (κ1) is 15.3. The van der Waals surface area contributed by atoms with Crippen molar-refractivity contribution in [1.82, 2.24) is 0 Å². The summed E-state index contributed by atoms with van der Waals surface area (Å²) in [5.41, 5.74) is 6.33. The van der Waals surface area contributed by atoms with Gasteiger partial charge in [-0.3, -0.25) is 0 Å². The van der Waals surface area contributed by atoms with Crippen LogP contribution in [0.3, 0.4) is 0 Å². The molecule has 0 unspecified atom stereocenters. The lowest BCUT2D eigenvalue weighted by atomic mass is 10.0. The fraction of sp³-hybridized carbons (Fsp3) is 0.529. The zero-order valence-corrected chi connectivity index (χ0v) is 12.8. The number of ether oxygens (including phenoxy) is 1. The largest absolute Gasteiger partial charge is 0.493 e. The molecular weight excluding hydrogens is 266 g/mol. The third kappa shape index (κ3) is 5.48. The second-order valence-corrected chi connectivity index (χ2v) is 6.42. The van der Waals surface area contributed by atoms with Gasteiger partial charge in [0.05, 0.1) is 13.2 Å². The Hall–Kier alpha value is -1.11. The summed E-state index contributed by atoms with van der Waals surface area (Å²) in [6.07, 6.45) is 7.01. The van der Waals surface area contributed by atoms with Crippen molar-refractivity contribution < 1.29 is 4.74 Å². The van der Waals surface area contributed by atoms with Crippen LogP contribution in [0.25, 0.3) is 0 Å². The van der Waals surface area contributed by atoms with Gasteiger partial charge in [-0.05, 0) is 37.1 Å². The molecule has 1 aliphatic rings. The van der Waals surface area contributed by atoms with Gasteiger partial charge in [0, 0.05) is 16.6 Å². The molecule has 1 aromatic carbocycles. The molecule has 2 nitrogen and oxygen atoms in total. The molecule has 2 N–H and O–H groups in total. The van der Waals surface area contributed by atoms with E-state index in [-0.39, 0.29) is 0 Å². The van der Waals surface area contributed by atoms with Crippen molar-refractivity contribution in [3.63, 3.8) is 0 Å². The lowest BCUT2D eigenvalue weighted by Gasteiger charge is -2.20. The highest BCUT2D eigenvalue weighted by atomic mass is 32.2. The van der Waals surface area contributed by atoms with Crippen LogP contribution in [0.1, 0.15) is 37.7 Å². The van der Waals surface area contributed by atoms with Crippen LogP contribution in [0.5, 0.6) is 5.75 Å². The third-order valence-corrected chi connectivity index (χ3v) is 4.79. The van der Waals surface area contributed by atoms with E-state index in [1.54, 1.807) is 0 Å². The SMILES string of the molecule is NCC#Cc1ccc(OCCSC2CCCCC2)cc1. The lowest BCUT2D eigenvalue weighted by Crippen LogP contribution is -2.11. The van der Waals surface area contributed by atoms with Gasteiger partial charge in [-0.2, -0.15) is 11.8 Å². The predicted octanol–water partition coefficient (Wildman–Crippen LogP) is 3.44. The minimum atomic E-state index is 0.399. The quantitative estimate of drug-likeness (QED) is 0.666. The first-order chi connectivity index (χ1) is 9.88. The Bertz CT molecular complexity index is 440. The maximum atomic E-state index is 5.76. The van der Waals surface area contributed by atoms with Crippen molar-refractivity contribution in [2.45, 2.75) is 37.4 Å². The molecule has 1 aromatic rings. The Kier molecular flexibility index (Phi) is 6.83. The van der Waals surface area contributed by atoms with Gasteiger partial charge in [0.2, 0.25) is 0 Å². The molecule has 3 heteroatoms. The van der Waals surface area contributed by atoms with Crippen LogP contribution in [-0.4, -0.2) is 24.2 Å². The minimum Gasteiger partial charge on any atom is -0.493 e. The number of benzene rings is 1. The maximum Gasteiger partial charge on any atom is 0.119 e. The number of hydrogen-bond donors (Lipinski definition) is 1. The highest BCUT2D eigenvalue weighted by Gasteiger charge is 2.13. The van der Waals surface area contributed by atoms with Crippen LogP contribution in [0.15, 0.2) is 24.3 Å². The zero-order chi connectivity index (χ0) is 14.0. The first-order valence-electron chi connectivity index (χ1n) is 7.42. The molecule has 0 bridgehead atoms. The van der Waals surface area contributed by atoms with E-state index >= 15 is 0 Å². The molecule has 2 rings (SSSR count). The van der Waals surface area contributed by atoms with Crippen molar-refractivity contribution in [3.8, 4) is 17.6 Å². The van der Waals surface area contributed by atoms with Crippen molar-refractivity contribution in [2.24, 2.45) is 5.73 Å². The van der Waals surface area contributed by atoms with Gasteiger partial charge in [-0.1, -0.05) is 31.1 Å². The summed E-state index contributed by atoms with van der Waals surface area (Å²) in [7, 11) is 0. The topological polar surface area (TPSA) is 35.2 Å². The van der Waals surface area contributed by atoms with Crippen molar-refractivity contribution in [3.05, 3.63) is 29.8 Å². The number of thioether (sulfide) groups is 1. The number of nitrogens with two attached hydrogens (primary N) is 1. The summed E-state index contributed by atoms with van der Waals surface area (Å²) in [6, 6.07) is 7.91. The summed E-state index contributed by atoms with van der Waals surface area (Å²) in [4.78, 5) is 0. The van der Waals surface area contributed by atoms with Crippen LogP contribution in [-0.2, 0) is 0 Å². The van der Waals surface area contributed by atoms with Crippen LogP contribution in [0.4, 0.5) is 0 Å². The molecule has 0 radical (unpaired) electrons. The second kappa shape index (κ2) is 8.94. The van der Waals surface area contributed by atoms with Crippen LogP contribution >= 0.6 is 11.8 Å². The molecule has 1 aliphatic carbocycles. The smallest absolute Gasteiger partial charge is 0.119 e. The highest BCUT2D eigenvalue weighted by Crippen LogP contribution is 2.28. The fourth-order valence-electron chi connectivity index (χ4n) is 2.39. The Morgan fingerprint density at radius 2 is 1.90 bits per heavy atom. The summed E-state index contributed by atoms with van der Waals surface area (Å²) in [5.74, 6) is 7.86. The van der Waals surface area contributed by atoms with Gasteiger partial charge in [-0.15, -0.1) is 0 Å².